The maximum atomic E-state index is 12.3. The lowest BCUT2D eigenvalue weighted by molar-refractivity contribution is 0.0265. The molecule has 1 fully saturated rings. The first kappa shape index (κ1) is 15.9. The SMILES string of the molecule is Cc1cc(S(=O)(=O)NCC2(C)CCOCC2)ccc1Br. The highest BCUT2D eigenvalue weighted by atomic mass is 79.9. The molecule has 1 aromatic rings. The summed E-state index contributed by atoms with van der Waals surface area (Å²) in [6.07, 6.45) is 1.77. The van der Waals surface area contributed by atoms with Crippen molar-refractivity contribution < 1.29 is 13.2 Å². The van der Waals surface area contributed by atoms with Crippen LogP contribution < -0.4 is 4.72 Å². The number of benzene rings is 1. The highest BCUT2D eigenvalue weighted by molar-refractivity contribution is 9.10. The predicted octanol–water partition coefficient (Wildman–Crippen LogP) is 2.85. The van der Waals surface area contributed by atoms with Crippen LogP contribution in [0, 0.1) is 12.3 Å². The highest BCUT2D eigenvalue weighted by Crippen LogP contribution is 2.29. The van der Waals surface area contributed by atoms with Crippen molar-refractivity contribution >= 4 is 26.0 Å². The highest BCUT2D eigenvalue weighted by Gasteiger charge is 2.29. The lowest BCUT2D eigenvalue weighted by Gasteiger charge is -2.33. The fourth-order valence-electron chi connectivity index (χ4n) is 2.18. The van der Waals surface area contributed by atoms with Crippen LogP contribution in [0.25, 0.3) is 0 Å². The summed E-state index contributed by atoms with van der Waals surface area (Å²) in [7, 11) is -3.45. The summed E-state index contributed by atoms with van der Waals surface area (Å²) in [5, 5.41) is 0. The molecule has 0 aliphatic carbocycles. The van der Waals surface area contributed by atoms with Crippen molar-refractivity contribution in [1.82, 2.24) is 4.72 Å². The fraction of sp³-hybridized carbons (Fsp3) is 0.571. The van der Waals surface area contributed by atoms with Crippen LogP contribution in [0.3, 0.4) is 0 Å². The minimum Gasteiger partial charge on any atom is -0.381 e. The Labute approximate surface area is 129 Å². The van der Waals surface area contributed by atoms with Gasteiger partial charge < -0.3 is 4.74 Å². The van der Waals surface area contributed by atoms with Crippen LogP contribution in [0.15, 0.2) is 27.6 Å². The van der Waals surface area contributed by atoms with E-state index in [0.29, 0.717) is 24.7 Å². The first-order chi connectivity index (χ1) is 9.32. The third kappa shape index (κ3) is 3.81. The molecule has 1 N–H and O–H groups in total. The molecule has 0 saturated carbocycles. The first-order valence-electron chi connectivity index (χ1n) is 6.66. The van der Waals surface area contributed by atoms with Gasteiger partial charge in [-0.1, -0.05) is 22.9 Å². The van der Waals surface area contributed by atoms with Gasteiger partial charge in [0.15, 0.2) is 0 Å². The smallest absolute Gasteiger partial charge is 0.240 e. The molecule has 0 bridgehead atoms. The average Bonchev–Trinajstić information content (AvgIpc) is 2.41. The Morgan fingerprint density at radius 3 is 2.60 bits per heavy atom. The second kappa shape index (κ2) is 6.13. The minimum atomic E-state index is -3.45. The first-order valence-corrected chi connectivity index (χ1v) is 8.94. The molecule has 0 atom stereocenters. The molecular formula is C14H20BrNO3S. The summed E-state index contributed by atoms with van der Waals surface area (Å²) in [6, 6.07) is 5.06. The van der Waals surface area contributed by atoms with Gasteiger partial charge in [-0.2, -0.15) is 0 Å². The van der Waals surface area contributed by atoms with Crippen LogP contribution in [0.5, 0.6) is 0 Å². The molecule has 1 heterocycles. The van der Waals surface area contributed by atoms with Crippen LogP contribution in [-0.2, 0) is 14.8 Å². The van der Waals surface area contributed by atoms with E-state index in [1.54, 1.807) is 18.2 Å². The second-order valence-electron chi connectivity index (χ2n) is 5.66. The molecule has 0 unspecified atom stereocenters. The molecule has 1 aromatic carbocycles. The summed E-state index contributed by atoms with van der Waals surface area (Å²) in [4.78, 5) is 0.314. The largest absolute Gasteiger partial charge is 0.381 e. The number of nitrogens with one attached hydrogen (secondary N) is 1. The summed E-state index contributed by atoms with van der Waals surface area (Å²) in [5.41, 5.74) is 0.889. The van der Waals surface area contributed by atoms with Crippen molar-refractivity contribution in [2.24, 2.45) is 5.41 Å². The van der Waals surface area contributed by atoms with E-state index in [2.05, 4.69) is 27.6 Å². The fourth-order valence-corrected chi connectivity index (χ4v) is 3.71. The van der Waals surface area contributed by atoms with E-state index < -0.39 is 10.0 Å². The van der Waals surface area contributed by atoms with Crippen LogP contribution in [0.4, 0.5) is 0 Å². The van der Waals surface area contributed by atoms with Gasteiger partial charge in [0.05, 0.1) is 4.90 Å². The van der Waals surface area contributed by atoms with Crippen molar-refractivity contribution in [3.8, 4) is 0 Å². The van der Waals surface area contributed by atoms with E-state index in [0.717, 1.165) is 22.9 Å². The van der Waals surface area contributed by atoms with Gasteiger partial charge in [0, 0.05) is 24.2 Å². The summed E-state index contributed by atoms with van der Waals surface area (Å²) in [5.74, 6) is 0. The summed E-state index contributed by atoms with van der Waals surface area (Å²) < 4.78 is 33.6. The zero-order valence-corrected chi connectivity index (χ0v) is 14.2. The van der Waals surface area contributed by atoms with Gasteiger partial charge >= 0.3 is 0 Å². The Morgan fingerprint density at radius 2 is 2.00 bits per heavy atom. The Bertz CT molecular complexity index is 580. The number of sulfonamides is 1. The van der Waals surface area contributed by atoms with Crippen molar-refractivity contribution in [2.75, 3.05) is 19.8 Å². The molecule has 112 valence electrons. The van der Waals surface area contributed by atoms with Gasteiger partial charge in [0.25, 0.3) is 0 Å². The Morgan fingerprint density at radius 1 is 1.35 bits per heavy atom. The molecule has 4 nitrogen and oxygen atoms in total. The predicted molar refractivity (Wildman–Crippen MR) is 82.2 cm³/mol. The lowest BCUT2D eigenvalue weighted by atomic mass is 9.83. The average molecular weight is 362 g/mol. The molecule has 1 aliphatic heterocycles. The normalized spacial score (nSPS) is 18.9. The third-order valence-electron chi connectivity index (χ3n) is 3.83. The second-order valence-corrected chi connectivity index (χ2v) is 8.28. The van der Waals surface area contributed by atoms with Gasteiger partial charge in [-0.3, -0.25) is 0 Å². The summed E-state index contributed by atoms with van der Waals surface area (Å²) in [6.45, 7) is 5.84. The van der Waals surface area contributed by atoms with Gasteiger partial charge in [-0.25, -0.2) is 13.1 Å². The maximum Gasteiger partial charge on any atom is 0.240 e. The van der Waals surface area contributed by atoms with Crippen molar-refractivity contribution in [2.45, 2.75) is 31.6 Å². The number of halogens is 1. The van der Waals surface area contributed by atoms with E-state index in [9.17, 15) is 8.42 Å². The van der Waals surface area contributed by atoms with Crippen molar-refractivity contribution in [1.29, 1.82) is 0 Å². The monoisotopic (exact) mass is 361 g/mol. The van der Waals surface area contributed by atoms with Gasteiger partial charge in [-0.15, -0.1) is 0 Å². The summed E-state index contributed by atoms with van der Waals surface area (Å²) >= 11 is 3.38. The van der Waals surface area contributed by atoms with Crippen molar-refractivity contribution in [3.05, 3.63) is 28.2 Å². The van der Waals surface area contributed by atoms with Crippen LogP contribution in [-0.4, -0.2) is 28.2 Å². The number of aryl methyl sites for hydroxylation is 1. The molecular weight excluding hydrogens is 342 g/mol. The van der Waals surface area contributed by atoms with E-state index in [1.807, 2.05) is 6.92 Å². The molecule has 0 radical (unpaired) electrons. The molecule has 1 aliphatic rings. The van der Waals surface area contributed by atoms with E-state index in [-0.39, 0.29) is 5.41 Å². The Kier molecular flexibility index (Phi) is 4.89. The topological polar surface area (TPSA) is 55.4 Å². The van der Waals surface area contributed by atoms with Gasteiger partial charge in [0.2, 0.25) is 10.0 Å². The number of hydrogen-bond donors (Lipinski definition) is 1. The Balaban J connectivity index is 2.09. The van der Waals surface area contributed by atoms with Crippen molar-refractivity contribution in [3.63, 3.8) is 0 Å². The molecule has 0 aromatic heterocycles. The molecule has 6 heteroatoms. The maximum absolute atomic E-state index is 12.3. The molecule has 0 spiro atoms. The van der Waals surface area contributed by atoms with Crippen LogP contribution in [0.1, 0.15) is 25.3 Å². The molecule has 1 saturated heterocycles. The zero-order chi connectivity index (χ0) is 14.8. The van der Waals surface area contributed by atoms with E-state index in [4.69, 9.17) is 4.74 Å². The zero-order valence-electron chi connectivity index (χ0n) is 11.8. The Hall–Kier alpha value is -0.430. The van der Waals surface area contributed by atoms with E-state index >= 15 is 0 Å². The molecule has 2 rings (SSSR count). The quantitative estimate of drug-likeness (QED) is 0.896. The minimum absolute atomic E-state index is 0.0181. The van der Waals surface area contributed by atoms with Gasteiger partial charge in [0.1, 0.15) is 0 Å². The number of ether oxygens (including phenoxy) is 1. The molecule has 20 heavy (non-hydrogen) atoms. The number of rotatable bonds is 4. The van der Waals surface area contributed by atoms with Gasteiger partial charge in [-0.05, 0) is 48.9 Å². The third-order valence-corrected chi connectivity index (χ3v) is 6.12. The van der Waals surface area contributed by atoms with Crippen LogP contribution in [0.2, 0.25) is 0 Å². The van der Waals surface area contributed by atoms with E-state index in [1.165, 1.54) is 0 Å². The standard InChI is InChI=1S/C14H20BrNO3S/c1-11-9-12(3-4-13(11)15)20(17,18)16-10-14(2)5-7-19-8-6-14/h3-4,9,16H,5-8,10H2,1-2H3. The van der Waals surface area contributed by atoms with Crippen LogP contribution >= 0.6 is 15.9 Å². The molecule has 0 amide bonds. The number of hydrogen-bond acceptors (Lipinski definition) is 3. The lowest BCUT2D eigenvalue weighted by Crippen LogP contribution is -2.39.